The lowest BCUT2D eigenvalue weighted by atomic mass is 10.1. The van der Waals surface area contributed by atoms with Crippen molar-refractivity contribution in [1.29, 1.82) is 0 Å². The first-order valence-electron chi connectivity index (χ1n) is 10.6. The van der Waals surface area contributed by atoms with Gasteiger partial charge in [-0.3, -0.25) is 9.59 Å². The molecule has 0 saturated heterocycles. The molecular formula is C23H30F2N4O4S. The molecule has 2 aromatic rings. The normalized spacial score (nSPS) is 12.5. The summed E-state index contributed by atoms with van der Waals surface area (Å²) in [6.45, 7) is 3.87. The Morgan fingerprint density at radius 3 is 2.03 bits per heavy atom. The van der Waals surface area contributed by atoms with Crippen molar-refractivity contribution >= 4 is 27.7 Å². The highest BCUT2D eigenvalue weighted by atomic mass is 32.2. The SMILES string of the molecule is CC(C)NC(=O)[C@H](C)N(Cc1ccccc1F)C(=O)CN(c1ccccc1F)S(=O)(=O)N(C)C. The Morgan fingerprint density at radius 1 is 0.941 bits per heavy atom. The zero-order valence-electron chi connectivity index (χ0n) is 19.8. The van der Waals surface area contributed by atoms with Crippen LogP contribution >= 0.6 is 0 Å². The molecule has 2 rings (SSSR count). The van der Waals surface area contributed by atoms with Crippen LogP contribution in [0.15, 0.2) is 48.5 Å². The Labute approximate surface area is 199 Å². The lowest BCUT2D eigenvalue weighted by molar-refractivity contribution is -0.139. The van der Waals surface area contributed by atoms with Gasteiger partial charge in [0.05, 0.1) is 5.69 Å². The summed E-state index contributed by atoms with van der Waals surface area (Å²) < 4.78 is 56.4. The predicted molar refractivity (Wildman–Crippen MR) is 126 cm³/mol. The van der Waals surface area contributed by atoms with Crippen molar-refractivity contribution < 1.29 is 26.8 Å². The van der Waals surface area contributed by atoms with Crippen LogP contribution in [0.5, 0.6) is 0 Å². The van der Waals surface area contributed by atoms with Crippen LogP contribution in [-0.2, 0) is 26.3 Å². The lowest BCUT2D eigenvalue weighted by Crippen LogP contribution is -2.53. The highest BCUT2D eigenvalue weighted by Crippen LogP contribution is 2.24. The number of carbonyl (C=O) groups is 2. The van der Waals surface area contributed by atoms with Gasteiger partial charge in [0.1, 0.15) is 24.2 Å². The van der Waals surface area contributed by atoms with Crippen LogP contribution in [-0.4, -0.2) is 62.2 Å². The smallest absolute Gasteiger partial charge is 0.304 e. The summed E-state index contributed by atoms with van der Waals surface area (Å²) in [5.74, 6) is -2.72. The van der Waals surface area contributed by atoms with Crippen LogP contribution in [0.2, 0.25) is 0 Å². The minimum absolute atomic E-state index is 0.146. The first-order valence-corrected chi connectivity index (χ1v) is 12.0. The number of amides is 2. The van der Waals surface area contributed by atoms with Crippen LogP contribution in [0.1, 0.15) is 26.3 Å². The van der Waals surface area contributed by atoms with E-state index in [0.29, 0.717) is 4.31 Å². The van der Waals surface area contributed by atoms with E-state index in [2.05, 4.69) is 5.32 Å². The minimum Gasteiger partial charge on any atom is -0.352 e. The molecule has 1 atom stereocenters. The maximum Gasteiger partial charge on any atom is 0.304 e. The van der Waals surface area contributed by atoms with E-state index in [4.69, 9.17) is 0 Å². The van der Waals surface area contributed by atoms with Gasteiger partial charge in [-0.25, -0.2) is 13.1 Å². The van der Waals surface area contributed by atoms with Gasteiger partial charge in [0.15, 0.2) is 0 Å². The van der Waals surface area contributed by atoms with Crippen molar-refractivity contribution in [3.63, 3.8) is 0 Å². The molecule has 0 aliphatic heterocycles. The molecule has 1 N–H and O–H groups in total. The third-order valence-electron chi connectivity index (χ3n) is 5.04. The average molecular weight is 497 g/mol. The highest BCUT2D eigenvalue weighted by Gasteiger charge is 2.34. The van der Waals surface area contributed by atoms with Crippen LogP contribution in [0.3, 0.4) is 0 Å². The maximum absolute atomic E-state index is 14.6. The molecule has 0 radical (unpaired) electrons. The van der Waals surface area contributed by atoms with Gasteiger partial charge in [-0.05, 0) is 39.0 Å². The molecule has 186 valence electrons. The predicted octanol–water partition coefficient (Wildman–Crippen LogP) is 2.52. The van der Waals surface area contributed by atoms with Crippen molar-refractivity contribution in [1.82, 2.24) is 14.5 Å². The number of hydrogen-bond donors (Lipinski definition) is 1. The van der Waals surface area contributed by atoms with Crippen molar-refractivity contribution in [3.05, 3.63) is 65.7 Å². The number of para-hydroxylation sites is 1. The van der Waals surface area contributed by atoms with E-state index in [9.17, 15) is 26.8 Å². The Morgan fingerprint density at radius 2 is 1.50 bits per heavy atom. The number of rotatable bonds is 10. The Bertz CT molecular complexity index is 1130. The molecule has 0 bridgehead atoms. The number of nitrogens with zero attached hydrogens (tertiary/aromatic N) is 3. The zero-order valence-corrected chi connectivity index (χ0v) is 20.6. The van der Waals surface area contributed by atoms with Crippen LogP contribution in [0, 0.1) is 11.6 Å². The quantitative estimate of drug-likeness (QED) is 0.547. The fourth-order valence-corrected chi connectivity index (χ4v) is 4.22. The zero-order chi connectivity index (χ0) is 25.6. The first-order chi connectivity index (χ1) is 15.9. The van der Waals surface area contributed by atoms with Gasteiger partial charge < -0.3 is 10.2 Å². The van der Waals surface area contributed by atoms with Gasteiger partial charge in [0.2, 0.25) is 11.8 Å². The molecule has 0 spiro atoms. The molecule has 0 aliphatic rings. The molecule has 0 fully saturated rings. The molecule has 2 amide bonds. The summed E-state index contributed by atoms with van der Waals surface area (Å²) in [6.07, 6.45) is 0. The Hall–Kier alpha value is -3.05. The second-order valence-electron chi connectivity index (χ2n) is 8.20. The van der Waals surface area contributed by atoms with Gasteiger partial charge >= 0.3 is 10.2 Å². The number of halogens is 2. The fourth-order valence-electron chi connectivity index (χ4n) is 3.15. The van der Waals surface area contributed by atoms with Gasteiger partial charge in [0.25, 0.3) is 0 Å². The van der Waals surface area contributed by atoms with E-state index in [0.717, 1.165) is 15.3 Å². The van der Waals surface area contributed by atoms with E-state index >= 15 is 0 Å². The molecule has 2 aromatic carbocycles. The second-order valence-corrected chi connectivity index (χ2v) is 10.3. The van der Waals surface area contributed by atoms with Gasteiger partial charge in [-0.2, -0.15) is 12.7 Å². The summed E-state index contributed by atoms with van der Waals surface area (Å²) in [5, 5.41) is 2.69. The molecule has 8 nitrogen and oxygen atoms in total. The number of nitrogens with one attached hydrogen (secondary N) is 1. The van der Waals surface area contributed by atoms with E-state index in [1.807, 2.05) is 0 Å². The van der Waals surface area contributed by atoms with Crippen molar-refractivity contribution in [2.45, 2.75) is 39.4 Å². The van der Waals surface area contributed by atoms with E-state index in [1.54, 1.807) is 19.9 Å². The molecule has 11 heteroatoms. The maximum atomic E-state index is 14.6. The Balaban J connectivity index is 2.49. The van der Waals surface area contributed by atoms with E-state index in [-0.39, 0.29) is 23.8 Å². The van der Waals surface area contributed by atoms with Crippen LogP contribution in [0.4, 0.5) is 14.5 Å². The number of hydrogen-bond acceptors (Lipinski definition) is 4. The summed E-state index contributed by atoms with van der Waals surface area (Å²) in [7, 11) is -1.78. The standard InChI is InChI=1S/C23H30F2N4O4S/c1-16(2)26-23(31)17(3)28(14-18-10-6-7-11-19(18)24)22(30)15-29(34(32,33)27(4)5)21-13-9-8-12-20(21)25/h6-13,16-17H,14-15H2,1-5H3,(H,26,31)/t17-/m0/s1. The number of carbonyl (C=O) groups excluding carboxylic acids is 2. The highest BCUT2D eigenvalue weighted by molar-refractivity contribution is 7.90. The van der Waals surface area contributed by atoms with Crippen molar-refractivity contribution in [2.75, 3.05) is 24.9 Å². The molecule has 0 heterocycles. The van der Waals surface area contributed by atoms with Crippen LogP contribution < -0.4 is 9.62 Å². The van der Waals surface area contributed by atoms with Gasteiger partial charge in [0, 0.05) is 32.2 Å². The molecule has 0 aliphatic carbocycles. The molecule has 0 saturated carbocycles. The third kappa shape index (κ3) is 6.51. The summed E-state index contributed by atoms with van der Waals surface area (Å²) >= 11 is 0. The monoisotopic (exact) mass is 496 g/mol. The van der Waals surface area contributed by atoms with Crippen molar-refractivity contribution in [3.8, 4) is 0 Å². The van der Waals surface area contributed by atoms with Crippen LogP contribution in [0.25, 0.3) is 0 Å². The number of benzene rings is 2. The molecule has 34 heavy (non-hydrogen) atoms. The second kappa shape index (κ2) is 11.4. The lowest BCUT2D eigenvalue weighted by Gasteiger charge is -2.33. The third-order valence-corrected chi connectivity index (χ3v) is 6.84. The van der Waals surface area contributed by atoms with Gasteiger partial charge in [-0.1, -0.05) is 30.3 Å². The largest absolute Gasteiger partial charge is 0.352 e. The first kappa shape index (κ1) is 27.2. The summed E-state index contributed by atoms with van der Waals surface area (Å²) in [5.41, 5.74) is -0.178. The summed E-state index contributed by atoms with van der Waals surface area (Å²) in [6, 6.07) is 9.63. The molecule has 0 aromatic heterocycles. The summed E-state index contributed by atoms with van der Waals surface area (Å²) in [4.78, 5) is 27.2. The topological polar surface area (TPSA) is 90.0 Å². The molecular weight excluding hydrogens is 466 g/mol. The average Bonchev–Trinajstić information content (AvgIpc) is 2.76. The van der Waals surface area contributed by atoms with E-state index < -0.39 is 46.2 Å². The van der Waals surface area contributed by atoms with E-state index in [1.165, 1.54) is 57.4 Å². The minimum atomic E-state index is -4.28. The fraction of sp³-hybridized carbons (Fsp3) is 0.391. The Kier molecular flexibility index (Phi) is 9.11. The molecule has 0 unspecified atom stereocenters. The van der Waals surface area contributed by atoms with Gasteiger partial charge in [-0.15, -0.1) is 0 Å². The number of anilines is 1. The van der Waals surface area contributed by atoms with Crippen molar-refractivity contribution in [2.24, 2.45) is 0 Å².